The second-order valence-corrected chi connectivity index (χ2v) is 6.37. The van der Waals surface area contributed by atoms with Crippen molar-refractivity contribution in [3.8, 4) is 0 Å². The third-order valence-corrected chi connectivity index (χ3v) is 4.91. The Bertz CT molecular complexity index is 678. The van der Waals surface area contributed by atoms with Gasteiger partial charge in [0.25, 0.3) is 0 Å². The van der Waals surface area contributed by atoms with Crippen molar-refractivity contribution in [2.24, 2.45) is 17.8 Å². The van der Waals surface area contributed by atoms with E-state index in [4.69, 9.17) is 9.47 Å². The summed E-state index contributed by atoms with van der Waals surface area (Å²) in [6.07, 6.45) is -0.489. The first kappa shape index (κ1) is 18.4. The zero-order valence-electron chi connectivity index (χ0n) is 12.8. The first-order chi connectivity index (χ1) is 12.0. The van der Waals surface area contributed by atoms with Crippen molar-refractivity contribution in [2.75, 3.05) is 6.61 Å². The molecule has 0 amide bonds. The SMILES string of the molecule is O=C(COC(=O)C(F)(F)C(F)(F)C(=O)[O-])OC1C2CC3C(=O)OC1C3C2. The molecule has 2 saturated carbocycles. The van der Waals surface area contributed by atoms with Gasteiger partial charge in [0.15, 0.2) is 6.61 Å². The zero-order valence-corrected chi connectivity index (χ0v) is 12.8. The van der Waals surface area contributed by atoms with E-state index in [-0.39, 0.29) is 17.8 Å². The standard InChI is InChI=1S/C14H12F4O8/c15-13(16,11(21)22)14(17,18)12(23)24-3-7(19)25-8-4-1-5-6(2-4)10(20)26-9(5)8/h4-6,8-9H,1-3H2,(H,21,22)/p-1. The number of carbonyl (C=O) groups excluding carboxylic acids is 4. The molecule has 0 aromatic rings. The van der Waals surface area contributed by atoms with Gasteiger partial charge < -0.3 is 24.1 Å². The van der Waals surface area contributed by atoms with Crippen LogP contribution in [0.1, 0.15) is 12.8 Å². The lowest BCUT2D eigenvalue weighted by molar-refractivity contribution is -0.346. The van der Waals surface area contributed by atoms with Crippen LogP contribution in [0, 0.1) is 17.8 Å². The highest BCUT2D eigenvalue weighted by Gasteiger charge is 2.65. The van der Waals surface area contributed by atoms with E-state index in [9.17, 15) is 41.8 Å². The molecule has 5 unspecified atom stereocenters. The predicted molar refractivity (Wildman–Crippen MR) is 65.3 cm³/mol. The third-order valence-electron chi connectivity index (χ3n) is 4.91. The molecule has 3 aliphatic rings. The number of esters is 3. The highest BCUT2D eigenvalue weighted by molar-refractivity contribution is 5.89. The second-order valence-electron chi connectivity index (χ2n) is 6.37. The molecule has 8 nitrogen and oxygen atoms in total. The first-order valence-corrected chi connectivity index (χ1v) is 7.51. The molecule has 1 aliphatic heterocycles. The first-order valence-electron chi connectivity index (χ1n) is 7.51. The van der Waals surface area contributed by atoms with Crippen molar-refractivity contribution < 1.29 is 56.1 Å². The Kier molecular flexibility index (Phi) is 4.11. The molecule has 12 heteroatoms. The number of aliphatic carboxylic acids is 1. The van der Waals surface area contributed by atoms with Gasteiger partial charge in [-0.25, -0.2) is 9.59 Å². The number of carbonyl (C=O) groups is 4. The third kappa shape index (κ3) is 2.58. The van der Waals surface area contributed by atoms with E-state index >= 15 is 0 Å². The minimum atomic E-state index is -5.81. The van der Waals surface area contributed by atoms with Crippen LogP contribution in [-0.4, -0.2) is 54.5 Å². The van der Waals surface area contributed by atoms with Crippen LogP contribution >= 0.6 is 0 Å². The lowest BCUT2D eigenvalue weighted by atomic mass is 9.88. The van der Waals surface area contributed by atoms with Crippen LogP contribution < -0.4 is 5.11 Å². The highest BCUT2D eigenvalue weighted by Crippen LogP contribution is 2.55. The van der Waals surface area contributed by atoms with Crippen molar-refractivity contribution in [3.05, 3.63) is 0 Å². The molecule has 1 heterocycles. The number of carboxylic acid groups (broad SMARTS) is 1. The van der Waals surface area contributed by atoms with Gasteiger partial charge in [-0.05, 0) is 12.8 Å². The number of carboxylic acids is 1. The fourth-order valence-corrected chi connectivity index (χ4v) is 3.72. The topological polar surface area (TPSA) is 119 Å². The lowest BCUT2D eigenvalue weighted by Crippen LogP contribution is -2.58. The average Bonchev–Trinajstić information content (AvgIpc) is 3.17. The second kappa shape index (κ2) is 5.81. The van der Waals surface area contributed by atoms with Gasteiger partial charge >= 0.3 is 29.8 Å². The van der Waals surface area contributed by atoms with Crippen molar-refractivity contribution in [3.63, 3.8) is 0 Å². The molecule has 26 heavy (non-hydrogen) atoms. The van der Waals surface area contributed by atoms with Gasteiger partial charge in [0.05, 0.1) is 5.92 Å². The summed E-state index contributed by atoms with van der Waals surface area (Å²) in [4.78, 5) is 44.3. The zero-order chi connectivity index (χ0) is 19.4. The van der Waals surface area contributed by atoms with Crippen LogP contribution in [0.3, 0.4) is 0 Å². The normalized spacial score (nSPS) is 32.3. The van der Waals surface area contributed by atoms with Crippen LogP contribution in [0.25, 0.3) is 0 Å². The van der Waals surface area contributed by atoms with Gasteiger partial charge in [-0.2, -0.15) is 17.6 Å². The maximum Gasteiger partial charge on any atom is 0.410 e. The summed E-state index contributed by atoms with van der Waals surface area (Å²) in [5.74, 6) is -20.2. The summed E-state index contributed by atoms with van der Waals surface area (Å²) in [6.45, 7) is -1.43. The van der Waals surface area contributed by atoms with Gasteiger partial charge in [0.2, 0.25) is 0 Å². The summed E-state index contributed by atoms with van der Waals surface area (Å²) in [5.41, 5.74) is 0. The molecule has 2 bridgehead atoms. The number of hydrogen-bond acceptors (Lipinski definition) is 8. The Balaban J connectivity index is 1.54. The number of alkyl halides is 4. The fraction of sp³-hybridized carbons (Fsp3) is 0.714. The van der Waals surface area contributed by atoms with Crippen molar-refractivity contribution in [1.29, 1.82) is 0 Å². The Labute approximate surface area is 142 Å². The van der Waals surface area contributed by atoms with E-state index in [1.807, 2.05) is 0 Å². The number of halogens is 4. The van der Waals surface area contributed by atoms with E-state index in [0.29, 0.717) is 12.8 Å². The summed E-state index contributed by atoms with van der Waals surface area (Å²) in [5, 5.41) is 10.0. The molecule has 5 atom stereocenters. The maximum atomic E-state index is 13.1. The van der Waals surface area contributed by atoms with Crippen LogP contribution in [0.15, 0.2) is 0 Å². The van der Waals surface area contributed by atoms with E-state index in [2.05, 4.69) is 4.74 Å². The number of ether oxygens (including phenoxy) is 3. The van der Waals surface area contributed by atoms with E-state index in [1.165, 1.54) is 0 Å². The van der Waals surface area contributed by atoms with Crippen molar-refractivity contribution in [1.82, 2.24) is 0 Å². The number of fused-ring (bicyclic) bond motifs is 1. The Morgan fingerprint density at radius 3 is 2.42 bits per heavy atom. The predicted octanol–water partition coefficient (Wildman–Crippen LogP) is -0.957. The molecule has 0 aromatic carbocycles. The Morgan fingerprint density at radius 2 is 1.81 bits per heavy atom. The Morgan fingerprint density at radius 1 is 1.15 bits per heavy atom. The molecule has 1 saturated heterocycles. The summed E-state index contributed by atoms with van der Waals surface area (Å²) in [6, 6.07) is 0. The van der Waals surface area contributed by atoms with E-state index < -0.39 is 54.5 Å². The Hall–Kier alpha value is -2.40. The molecule has 144 valence electrons. The summed E-state index contributed by atoms with van der Waals surface area (Å²) in [7, 11) is 0. The summed E-state index contributed by atoms with van der Waals surface area (Å²) < 4.78 is 65.7. The fourth-order valence-electron chi connectivity index (χ4n) is 3.72. The smallest absolute Gasteiger partial charge is 0.410 e. The molecule has 3 rings (SSSR count). The number of hydrogen-bond donors (Lipinski definition) is 0. The molecular weight excluding hydrogens is 372 g/mol. The maximum absolute atomic E-state index is 13.1. The van der Waals surface area contributed by atoms with Gasteiger partial charge in [-0.1, -0.05) is 0 Å². The monoisotopic (exact) mass is 383 g/mol. The van der Waals surface area contributed by atoms with Gasteiger partial charge in [0.1, 0.15) is 18.2 Å². The van der Waals surface area contributed by atoms with Gasteiger partial charge in [0, 0.05) is 11.8 Å². The largest absolute Gasteiger partial charge is 0.544 e. The molecule has 0 N–H and O–H groups in total. The molecule has 3 fully saturated rings. The molecule has 0 aromatic heterocycles. The van der Waals surface area contributed by atoms with Crippen molar-refractivity contribution in [2.45, 2.75) is 36.9 Å². The molecule has 0 spiro atoms. The lowest BCUT2D eigenvalue weighted by Gasteiger charge is -2.26. The minimum Gasteiger partial charge on any atom is -0.544 e. The highest BCUT2D eigenvalue weighted by atomic mass is 19.3. The van der Waals surface area contributed by atoms with Crippen LogP contribution in [0.2, 0.25) is 0 Å². The van der Waals surface area contributed by atoms with Crippen LogP contribution in [0.5, 0.6) is 0 Å². The number of rotatable bonds is 6. The average molecular weight is 383 g/mol. The van der Waals surface area contributed by atoms with E-state index in [1.54, 1.807) is 0 Å². The van der Waals surface area contributed by atoms with Gasteiger partial charge in [-0.3, -0.25) is 4.79 Å². The van der Waals surface area contributed by atoms with Crippen molar-refractivity contribution >= 4 is 23.9 Å². The van der Waals surface area contributed by atoms with Crippen LogP contribution in [0.4, 0.5) is 17.6 Å². The molecule has 0 radical (unpaired) electrons. The minimum absolute atomic E-state index is 0.112. The summed E-state index contributed by atoms with van der Waals surface area (Å²) >= 11 is 0. The van der Waals surface area contributed by atoms with Crippen LogP contribution in [-0.2, 0) is 33.4 Å². The molecular formula is C14H11F4O8-. The van der Waals surface area contributed by atoms with Gasteiger partial charge in [-0.15, -0.1) is 0 Å². The molecule has 2 aliphatic carbocycles. The quantitative estimate of drug-likeness (QED) is 0.327. The van der Waals surface area contributed by atoms with E-state index in [0.717, 1.165) is 0 Å².